The van der Waals surface area contributed by atoms with Crippen LogP contribution in [0.3, 0.4) is 0 Å². The summed E-state index contributed by atoms with van der Waals surface area (Å²) in [5.41, 5.74) is 3.14. The third-order valence-electron chi connectivity index (χ3n) is 5.66. The predicted octanol–water partition coefficient (Wildman–Crippen LogP) is 2.72. The molecule has 2 fully saturated rings. The molecule has 0 unspecified atom stereocenters. The fraction of sp³-hybridized carbons (Fsp3) is 0.619. The van der Waals surface area contributed by atoms with Crippen LogP contribution in [-0.2, 0) is 16.0 Å². The topological polar surface area (TPSA) is 49.9 Å². The summed E-state index contributed by atoms with van der Waals surface area (Å²) < 4.78 is 5.51. The number of aryl methyl sites for hydroxylation is 2. The third kappa shape index (κ3) is 4.02. The molecule has 0 spiro atoms. The number of rotatable bonds is 4. The third-order valence-corrected chi connectivity index (χ3v) is 5.66. The highest BCUT2D eigenvalue weighted by molar-refractivity contribution is 5.81. The molecular formula is C21H30N2O3. The Labute approximate surface area is 156 Å². The van der Waals surface area contributed by atoms with Crippen LogP contribution < -0.4 is 4.74 Å². The first-order valence-electron chi connectivity index (χ1n) is 9.70. The number of hydrogen-bond acceptors (Lipinski definition) is 3. The van der Waals surface area contributed by atoms with E-state index in [0.717, 1.165) is 54.8 Å². The van der Waals surface area contributed by atoms with E-state index in [9.17, 15) is 9.59 Å². The molecule has 1 aliphatic heterocycles. The summed E-state index contributed by atoms with van der Waals surface area (Å²) >= 11 is 0. The lowest BCUT2D eigenvalue weighted by Crippen LogP contribution is -2.41. The van der Waals surface area contributed by atoms with Gasteiger partial charge in [0.05, 0.1) is 13.5 Å². The van der Waals surface area contributed by atoms with Crippen LogP contribution in [0.1, 0.15) is 42.4 Å². The van der Waals surface area contributed by atoms with Crippen LogP contribution in [0.25, 0.3) is 0 Å². The van der Waals surface area contributed by atoms with Gasteiger partial charge in [-0.2, -0.15) is 0 Å². The van der Waals surface area contributed by atoms with Gasteiger partial charge in [0.1, 0.15) is 5.75 Å². The molecular weight excluding hydrogens is 328 g/mol. The normalized spacial score (nSPS) is 18.3. The van der Waals surface area contributed by atoms with E-state index in [1.165, 1.54) is 6.42 Å². The van der Waals surface area contributed by atoms with E-state index in [1.807, 2.05) is 29.7 Å². The SMILES string of the molecule is COc1c(C)cc(C)cc1CC(=O)N1CCCN(C(=O)C2CCC2)CC1. The van der Waals surface area contributed by atoms with Gasteiger partial charge in [-0.15, -0.1) is 0 Å². The van der Waals surface area contributed by atoms with Crippen molar-refractivity contribution in [2.45, 2.75) is 46.0 Å². The Hall–Kier alpha value is -2.04. The Balaban J connectivity index is 1.63. The van der Waals surface area contributed by atoms with Gasteiger partial charge in [-0.3, -0.25) is 9.59 Å². The lowest BCUT2D eigenvalue weighted by atomic mass is 9.84. The molecule has 0 atom stereocenters. The van der Waals surface area contributed by atoms with Gasteiger partial charge >= 0.3 is 0 Å². The number of amides is 2. The van der Waals surface area contributed by atoms with E-state index in [-0.39, 0.29) is 11.8 Å². The second kappa shape index (κ2) is 8.11. The van der Waals surface area contributed by atoms with Gasteiger partial charge in [0.15, 0.2) is 0 Å². The monoisotopic (exact) mass is 358 g/mol. The first kappa shape index (κ1) is 18.7. The predicted molar refractivity (Wildman–Crippen MR) is 101 cm³/mol. The van der Waals surface area contributed by atoms with Crippen molar-refractivity contribution in [3.05, 3.63) is 28.8 Å². The van der Waals surface area contributed by atoms with Crippen molar-refractivity contribution in [3.8, 4) is 5.75 Å². The van der Waals surface area contributed by atoms with Crippen LogP contribution in [0, 0.1) is 19.8 Å². The van der Waals surface area contributed by atoms with Gasteiger partial charge < -0.3 is 14.5 Å². The quantitative estimate of drug-likeness (QED) is 0.831. The van der Waals surface area contributed by atoms with Crippen LogP contribution in [-0.4, -0.2) is 54.9 Å². The number of benzene rings is 1. The molecule has 3 rings (SSSR count). The minimum Gasteiger partial charge on any atom is -0.496 e. The fourth-order valence-electron chi connectivity index (χ4n) is 4.04. The summed E-state index contributed by atoms with van der Waals surface area (Å²) in [6.07, 6.45) is 4.44. The number of hydrogen-bond donors (Lipinski definition) is 0. The zero-order valence-electron chi connectivity index (χ0n) is 16.2. The molecule has 1 aromatic carbocycles. The second-order valence-electron chi connectivity index (χ2n) is 7.64. The molecule has 0 radical (unpaired) electrons. The Morgan fingerprint density at radius 2 is 1.73 bits per heavy atom. The molecule has 5 nitrogen and oxygen atoms in total. The van der Waals surface area contributed by atoms with Crippen molar-refractivity contribution in [2.24, 2.45) is 5.92 Å². The van der Waals surface area contributed by atoms with Crippen molar-refractivity contribution >= 4 is 11.8 Å². The van der Waals surface area contributed by atoms with Crippen LogP contribution in [0.5, 0.6) is 5.75 Å². The molecule has 142 valence electrons. The first-order valence-corrected chi connectivity index (χ1v) is 9.70. The average molecular weight is 358 g/mol. The van der Waals surface area contributed by atoms with Crippen molar-refractivity contribution in [3.63, 3.8) is 0 Å². The summed E-state index contributed by atoms with van der Waals surface area (Å²) in [7, 11) is 1.65. The molecule has 5 heteroatoms. The Bertz CT molecular complexity index is 682. The summed E-state index contributed by atoms with van der Waals surface area (Å²) in [6, 6.07) is 4.11. The molecule has 2 aliphatic rings. The summed E-state index contributed by atoms with van der Waals surface area (Å²) in [5.74, 6) is 1.45. The van der Waals surface area contributed by atoms with Gasteiger partial charge in [-0.1, -0.05) is 24.1 Å². The maximum atomic E-state index is 12.9. The Morgan fingerprint density at radius 1 is 1.04 bits per heavy atom. The maximum absolute atomic E-state index is 12.9. The van der Waals surface area contributed by atoms with Gasteiger partial charge in [-0.05, 0) is 38.7 Å². The number of carbonyl (C=O) groups is 2. The largest absolute Gasteiger partial charge is 0.496 e. The molecule has 0 aromatic heterocycles. The van der Waals surface area contributed by atoms with Gasteiger partial charge in [0.2, 0.25) is 11.8 Å². The maximum Gasteiger partial charge on any atom is 0.227 e. The zero-order valence-corrected chi connectivity index (χ0v) is 16.2. The van der Waals surface area contributed by atoms with Crippen molar-refractivity contribution in [1.29, 1.82) is 0 Å². The van der Waals surface area contributed by atoms with Crippen LogP contribution >= 0.6 is 0 Å². The highest BCUT2D eigenvalue weighted by atomic mass is 16.5. The number of methoxy groups -OCH3 is 1. The van der Waals surface area contributed by atoms with Crippen LogP contribution in [0.2, 0.25) is 0 Å². The van der Waals surface area contributed by atoms with Crippen molar-refractivity contribution in [2.75, 3.05) is 33.3 Å². The van der Waals surface area contributed by atoms with E-state index in [0.29, 0.717) is 25.4 Å². The van der Waals surface area contributed by atoms with E-state index in [2.05, 4.69) is 6.07 Å². The number of nitrogens with zero attached hydrogens (tertiary/aromatic N) is 2. The molecule has 1 aliphatic carbocycles. The molecule has 26 heavy (non-hydrogen) atoms. The molecule has 1 saturated carbocycles. The highest BCUT2D eigenvalue weighted by Crippen LogP contribution is 2.29. The minimum atomic E-state index is 0.117. The van der Waals surface area contributed by atoms with Gasteiger partial charge in [0.25, 0.3) is 0 Å². The van der Waals surface area contributed by atoms with E-state index in [4.69, 9.17) is 4.74 Å². The number of ether oxygens (including phenoxy) is 1. The summed E-state index contributed by atoms with van der Waals surface area (Å²) in [4.78, 5) is 29.2. The Morgan fingerprint density at radius 3 is 2.38 bits per heavy atom. The van der Waals surface area contributed by atoms with Gasteiger partial charge in [0, 0.05) is 37.7 Å². The van der Waals surface area contributed by atoms with Crippen molar-refractivity contribution < 1.29 is 14.3 Å². The molecule has 2 amide bonds. The average Bonchev–Trinajstić information content (AvgIpc) is 2.79. The lowest BCUT2D eigenvalue weighted by molar-refractivity contribution is -0.138. The molecule has 0 N–H and O–H groups in total. The standard InChI is InChI=1S/C21H30N2O3/c1-15-12-16(2)20(26-3)18(13-15)14-19(24)22-8-5-9-23(11-10-22)21(25)17-6-4-7-17/h12-13,17H,4-11,14H2,1-3H3. The van der Waals surface area contributed by atoms with E-state index < -0.39 is 0 Å². The van der Waals surface area contributed by atoms with Gasteiger partial charge in [-0.25, -0.2) is 0 Å². The molecule has 0 bridgehead atoms. The summed E-state index contributed by atoms with van der Waals surface area (Å²) in [6.45, 7) is 6.83. The van der Waals surface area contributed by atoms with Crippen molar-refractivity contribution in [1.82, 2.24) is 9.80 Å². The highest BCUT2D eigenvalue weighted by Gasteiger charge is 2.31. The number of carbonyl (C=O) groups excluding carboxylic acids is 2. The molecule has 1 heterocycles. The lowest BCUT2D eigenvalue weighted by Gasteiger charge is -2.31. The smallest absolute Gasteiger partial charge is 0.227 e. The minimum absolute atomic E-state index is 0.117. The Kier molecular flexibility index (Phi) is 5.84. The molecule has 1 aromatic rings. The van der Waals surface area contributed by atoms with Crippen LogP contribution in [0.15, 0.2) is 12.1 Å². The van der Waals surface area contributed by atoms with E-state index in [1.54, 1.807) is 7.11 Å². The summed E-state index contributed by atoms with van der Waals surface area (Å²) in [5, 5.41) is 0. The zero-order chi connectivity index (χ0) is 18.7. The first-order chi connectivity index (χ1) is 12.5. The van der Waals surface area contributed by atoms with Crippen LogP contribution in [0.4, 0.5) is 0 Å². The van der Waals surface area contributed by atoms with E-state index >= 15 is 0 Å². The fourth-order valence-corrected chi connectivity index (χ4v) is 4.04. The second-order valence-corrected chi connectivity index (χ2v) is 7.64. The molecule has 1 saturated heterocycles.